The van der Waals surface area contributed by atoms with Gasteiger partial charge in [0.1, 0.15) is 0 Å². The summed E-state index contributed by atoms with van der Waals surface area (Å²) in [5.74, 6) is 0. The summed E-state index contributed by atoms with van der Waals surface area (Å²) in [7, 11) is 0. The van der Waals surface area contributed by atoms with Gasteiger partial charge in [0.25, 0.3) is 0 Å². The lowest BCUT2D eigenvalue weighted by Gasteiger charge is -2.18. The lowest BCUT2D eigenvalue weighted by atomic mass is 9.88. The van der Waals surface area contributed by atoms with Crippen LogP contribution < -0.4 is 0 Å². The molecule has 0 bridgehead atoms. The molecule has 0 saturated carbocycles. The third-order valence-corrected chi connectivity index (χ3v) is 2.49. The highest BCUT2D eigenvalue weighted by Crippen LogP contribution is 2.29. The van der Waals surface area contributed by atoms with Crippen molar-refractivity contribution in [3.63, 3.8) is 0 Å². The molecule has 66 valence electrons. The molecule has 0 fully saturated rings. The van der Waals surface area contributed by atoms with E-state index in [0.717, 1.165) is 12.8 Å². The van der Waals surface area contributed by atoms with Crippen molar-refractivity contribution in [2.45, 2.75) is 38.5 Å². The van der Waals surface area contributed by atoms with Crippen molar-refractivity contribution < 1.29 is 0 Å². The molecule has 1 aliphatic carbocycles. The fraction of sp³-hybridized carbons (Fsp3) is 0.500. The molecule has 0 atom stereocenters. The van der Waals surface area contributed by atoms with Gasteiger partial charge in [0.05, 0.1) is 0 Å². The SMILES string of the molecule is C=CCC1=C(CC=C)CCCC1. The normalized spacial score (nSPS) is 17.7. The zero-order valence-electron chi connectivity index (χ0n) is 7.81. The molecule has 0 saturated heterocycles. The third-order valence-electron chi connectivity index (χ3n) is 2.49. The smallest absolute Gasteiger partial charge is 0.0139 e. The minimum Gasteiger partial charge on any atom is -0.103 e. The maximum absolute atomic E-state index is 3.79. The first-order chi connectivity index (χ1) is 5.88. The van der Waals surface area contributed by atoms with Crippen LogP contribution in [0.3, 0.4) is 0 Å². The zero-order chi connectivity index (χ0) is 8.81. The van der Waals surface area contributed by atoms with Crippen molar-refractivity contribution in [3.05, 3.63) is 36.5 Å². The molecule has 0 aromatic carbocycles. The third kappa shape index (κ3) is 2.37. The van der Waals surface area contributed by atoms with Crippen molar-refractivity contribution in [3.8, 4) is 0 Å². The van der Waals surface area contributed by atoms with E-state index in [2.05, 4.69) is 13.2 Å². The van der Waals surface area contributed by atoms with E-state index in [1.165, 1.54) is 25.7 Å². The van der Waals surface area contributed by atoms with Crippen molar-refractivity contribution >= 4 is 0 Å². The fourth-order valence-electron chi connectivity index (χ4n) is 1.87. The fourth-order valence-corrected chi connectivity index (χ4v) is 1.87. The standard InChI is InChI=1S/C12H18/c1-3-7-11-9-5-6-10-12(11)8-4-2/h3-4H,1-2,5-10H2. The highest BCUT2D eigenvalue weighted by atomic mass is 14.1. The van der Waals surface area contributed by atoms with E-state index in [4.69, 9.17) is 0 Å². The Balaban J connectivity index is 2.67. The minimum atomic E-state index is 1.09. The van der Waals surface area contributed by atoms with Gasteiger partial charge in [-0.25, -0.2) is 0 Å². The van der Waals surface area contributed by atoms with Gasteiger partial charge in [-0.05, 0) is 38.5 Å². The van der Waals surface area contributed by atoms with E-state index in [-0.39, 0.29) is 0 Å². The molecule has 0 aliphatic heterocycles. The molecule has 0 heteroatoms. The summed E-state index contributed by atoms with van der Waals surface area (Å²) < 4.78 is 0. The topological polar surface area (TPSA) is 0 Å². The van der Waals surface area contributed by atoms with Crippen LogP contribution in [0.15, 0.2) is 36.5 Å². The lowest BCUT2D eigenvalue weighted by Crippen LogP contribution is -1.98. The molecule has 1 aliphatic rings. The molecule has 0 N–H and O–H groups in total. The molecule has 1 rings (SSSR count). The van der Waals surface area contributed by atoms with Crippen molar-refractivity contribution in [2.75, 3.05) is 0 Å². The van der Waals surface area contributed by atoms with Crippen LogP contribution in [0.5, 0.6) is 0 Å². The second-order valence-electron chi connectivity index (χ2n) is 3.40. The summed E-state index contributed by atoms with van der Waals surface area (Å²) in [6.07, 6.45) is 11.5. The Morgan fingerprint density at radius 3 is 1.67 bits per heavy atom. The number of hydrogen-bond acceptors (Lipinski definition) is 0. The van der Waals surface area contributed by atoms with Gasteiger partial charge in [0.2, 0.25) is 0 Å². The predicted octanol–water partition coefficient (Wildman–Crippen LogP) is 4.01. The van der Waals surface area contributed by atoms with E-state index < -0.39 is 0 Å². The highest BCUT2D eigenvalue weighted by molar-refractivity contribution is 5.21. The van der Waals surface area contributed by atoms with Crippen molar-refractivity contribution in [2.24, 2.45) is 0 Å². The van der Waals surface area contributed by atoms with E-state index in [0.29, 0.717) is 0 Å². The summed E-state index contributed by atoms with van der Waals surface area (Å²) in [4.78, 5) is 0. The maximum atomic E-state index is 3.79. The van der Waals surface area contributed by atoms with Gasteiger partial charge in [0.15, 0.2) is 0 Å². The quantitative estimate of drug-likeness (QED) is 0.548. The van der Waals surface area contributed by atoms with Gasteiger partial charge in [0, 0.05) is 0 Å². The van der Waals surface area contributed by atoms with Gasteiger partial charge < -0.3 is 0 Å². The molecule has 0 nitrogen and oxygen atoms in total. The van der Waals surface area contributed by atoms with Crippen LogP contribution in [0.4, 0.5) is 0 Å². The highest BCUT2D eigenvalue weighted by Gasteiger charge is 2.09. The molecule has 0 aromatic rings. The largest absolute Gasteiger partial charge is 0.103 e. The Hall–Kier alpha value is -0.780. The molecule has 0 aromatic heterocycles. The van der Waals surface area contributed by atoms with Gasteiger partial charge in [-0.3, -0.25) is 0 Å². The summed E-state index contributed by atoms with van der Waals surface area (Å²) in [6.45, 7) is 7.58. The molecule has 0 radical (unpaired) electrons. The number of rotatable bonds is 4. The van der Waals surface area contributed by atoms with Crippen molar-refractivity contribution in [1.29, 1.82) is 0 Å². The van der Waals surface area contributed by atoms with E-state index >= 15 is 0 Å². The monoisotopic (exact) mass is 162 g/mol. The molecule has 0 amide bonds. The molecule has 12 heavy (non-hydrogen) atoms. The first kappa shape index (κ1) is 9.31. The Morgan fingerprint density at radius 1 is 0.917 bits per heavy atom. The second-order valence-corrected chi connectivity index (χ2v) is 3.40. The van der Waals surface area contributed by atoms with Crippen molar-refractivity contribution in [1.82, 2.24) is 0 Å². The van der Waals surface area contributed by atoms with Crippen LogP contribution in [0.1, 0.15) is 38.5 Å². The van der Waals surface area contributed by atoms with E-state index in [1.54, 1.807) is 11.1 Å². The number of hydrogen-bond donors (Lipinski definition) is 0. The Morgan fingerprint density at radius 2 is 1.33 bits per heavy atom. The predicted molar refractivity (Wildman–Crippen MR) is 55.1 cm³/mol. The average molecular weight is 162 g/mol. The summed E-state index contributed by atoms with van der Waals surface area (Å²) >= 11 is 0. The van der Waals surface area contributed by atoms with Crippen LogP contribution in [0.2, 0.25) is 0 Å². The molecular weight excluding hydrogens is 144 g/mol. The Labute approximate surface area is 75.7 Å². The first-order valence-corrected chi connectivity index (χ1v) is 4.80. The van der Waals surface area contributed by atoms with Gasteiger partial charge >= 0.3 is 0 Å². The first-order valence-electron chi connectivity index (χ1n) is 4.80. The average Bonchev–Trinajstić information content (AvgIpc) is 2.09. The molecule has 0 spiro atoms. The molecule has 0 unspecified atom stereocenters. The zero-order valence-corrected chi connectivity index (χ0v) is 7.81. The summed E-state index contributed by atoms with van der Waals surface area (Å²) in [5.41, 5.74) is 3.24. The number of allylic oxidation sites excluding steroid dienone is 4. The summed E-state index contributed by atoms with van der Waals surface area (Å²) in [6, 6.07) is 0. The van der Waals surface area contributed by atoms with E-state index in [9.17, 15) is 0 Å². The molecule has 0 heterocycles. The summed E-state index contributed by atoms with van der Waals surface area (Å²) in [5, 5.41) is 0. The van der Waals surface area contributed by atoms with Crippen LogP contribution in [0.25, 0.3) is 0 Å². The van der Waals surface area contributed by atoms with Crippen LogP contribution in [-0.2, 0) is 0 Å². The minimum absolute atomic E-state index is 1.09. The maximum Gasteiger partial charge on any atom is -0.0139 e. The van der Waals surface area contributed by atoms with Gasteiger partial charge in [-0.15, -0.1) is 13.2 Å². The Bertz CT molecular complexity index is 174. The lowest BCUT2D eigenvalue weighted by molar-refractivity contribution is 0.653. The second kappa shape index (κ2) is 4.97. The van der Waals surface area contributed by atoms with Gasteiger partial charge in [-0.1, -0.05) is 23.3 Å². The van der Waals surface area contributed by atoms with E-state index in [1.807, 2.05) is 12.2 Å². The van der Waals surface area contributed by atoms with Gasteiger partial charge in [-0.2, -0.15) is 0 Å². The van der Waals surface area contributed by atoms with Crippen LogP contribution >= 0.6 is 0 Å². The van der Waals surface area contributed by atoms with Crippen LogP contribution in [-0.4, -0.2) is 0 Å². The van der Waals surface area contributed by atoms with Crippen LogP contribution in [0, 0.1) is 0 Å². The molecular formula is C12H18. The Kier molecular flexibility index (Phi) is 3.86.